The number of halogens is 1. The van der Waals surface area contributed by atoms with Gasteiger partial charge in [-0.2, -0.15) is 0 Å². The first-order valence-electron chi connectivity index (χ1n) is 4.03. The summed E-state index contributed by atoms with van der Waals surface area (Å²) in [4.78, 5) is 0. The van der Waals surface area contributed by atoms with E-state index in [2.05, 4.69) is 13.8 Å². The van der Waals surface area contributed by atoms with E-state index in [-0.39, 0.29) is 38.6 Å². The van der Waals surface area contributed by atoms with E-state index in [1.165, 1.54) is 0 Å². The first-order valence-corrected chi connectivity index (χ1v) is 4.03. The zero-order valence-electron chi connectivity index (χ0n) is 7.95. The fourth-order valence-electron chi connectivity index (χ4n) is 1.12. The summed E-state index contributed by atoms with van der Waals surface area (Å²) in [5, 5.41) is 9.41. The van der Waals surface area contributed by atoms with Crippen LogP contribution in [0.1, 0.15) is 31.7 Å². The first-order chi connectivity index (χ1) is 5.25. The number of hydrogen-bond acceptors (Lipinski definition) is 1. The van der Waals surface area contributed by atoms with Gasteiger partial charge in [0.05, 0.1) is 0 Å². The van der Waals surface area contributed by atoms with Crippen molar-refractivity contribution in [1.29, 1.82) is 0 Å². The van der Waals surface area contributed by atoms with Crippen LogP contribution in [0.3, 0.4) is 0 Å². The third-order valence-electron chi connectivity index (χ3n) is 2.08. The molecule has 3 heteroatoms. The Hall–Kier alpha value is 0.193. The van der Waals surface area contributed by atoms with Crippen molar-refractivity contribution in [3.8, 4) is 5.75 Å². The van der Waals surface area contributed by atoms with E-state index >= 15 is 0 Å². The monoisotopic (exact) mass is 276 g/mol. The summed E-state index contributed by atoms with van der Waals surface area (Å²) in [5.41, 5.74) is 1.05. The molecule has 0 radical (unpaired) electrons. The Morgan fingerprint density at radius 1 is 1.31 bits per heavy atom. The molecule has 0 aliphatic carbocycles. The molecule has 0 aliphatic rings. The Morgan fingerprint density at radius 2 is 1.85 bits per heavy atom. The zero-order valence-corrected chi connectivity index (χ0v) is 11.2. The van der Waals surface area contributed by atoms with Crippen molar-refractivity contribution in [2.45, 2.75) is 26.2 Å². The van der Waals surface area contributed by atoms with Crippen molar-refractivity contribution in [3.63, 3.8) is 0 Å². The molecule has 0 aliphatic heterocycles. The van der Waals surface area contributed by atoms with Gasteiger partial charge in [-0.05, 0) is 24.0 Å². The predicted molar refractivity (Wildman–Crippen MR) is 54.1 cm³/mol. The summed E-state index contributed by atoms with van der Waals surface area (Å²) in [7, 11) is 0. The van der Waals surface area contributed by atoms with Crippen molar-refractivity contribution >= 4 is 12.4 Å². The summed E-state index contributed by atoms with van der Waals surface area (Å²) in [6.45, 7) is 4.24. The van der Waals surface area contributed by atoms with Gasteiger partial charge in [-0.1, -0.05) is 32.0 Å². The summed E-state index contributed by atoms with van der Waals surface area (Å²) in [6.07, 6.45) is 1.07. The van der Waals surface area contributed by atoms with Crippen LogP contribution in [0.5, 0.6) is 5.75 Å². The van der Waals surface area contributed by atoms with Gasteiger partial charge in [0, 0.05) is 26.2 Å². The molecule has 1 rings (SSSR count). The maximum atomic E-state index is 9.41. The number of rotatable bonds is 2. The fourth-order valence-corrected chi connectivity index (χ4v) is 1.12. The third kappa shape index (κ3) is 4.29. The van der Waals surface area contributed by atoms with Gasteiger partial charge in [-0.3, -0.25) is 0 Å². The smallest absolute Gasteiger partial charge is 0.119 e. The minimum Gasteiger partial charge on any atom is -0.508 e. The minimum atomic E-state index is 0. The van der Waals surface area contributed by atoms with Gasteiger partial charge in [0.25, 0.3) is 0 Å². The molecule has 1 aromatic carbocycles. The van der Waals surface area contributed by atoms with E-state index < -0.39 is 0 Å². The first kappa shape index (κ1) is 15.7. The van der Waals surface area contributed by atoms with Gasteiger partial charge in [0.1, 0.15) is 5.75 Å². The number of hydrogen-bond donors (Lipinski definition) is 1. The van der Waals surface area contributed by atoms with E-state index in [9.17, 15) is 5.11 Å². The molecule has 0 saturated carbocycles. The van der Waals surface area contributed by atoms with Crippen LogP contribution in [-0.2, 0) is 26.2 Å². The minimum absolute atomic E-state index is 0. The van der Waals surface area contributed by atoms with Crippen LogP contribution < -0.4 is 0 Å². The molecule has 0 heterocycles. The Bertz CT molecular complexity index is 240. The van der Waals surface area contributed by atoms with E-state index in [1.54, 1.807) is 6.07 Å². The van der Waals surface area contributed by atoms with E-state index in [0.717, 1.165) is 12.0 Å². The average molecular weight is 278 g/mol. The molecule has 0 amide bonds. The molecule has 0 fully saturated rings. The predicted octanol–water partition coefficient (Wildman–Crippen LogP) is 3.33. The van der Waals surface area contributed by atoms with Gasteiger partial charge in [0.15, 0.2) is 0 Å². The largest absolute Gasteiger partial charge is 0.508 e. The van der Waals surface area contributed by atoms with Crippen LogP contribution in [0.4, 0.5) is 0 Å². The number of para-hydroxylation sites is 1. The van der Waals surface area contributed by atoms with Crippen LogP contribution >= 0.6 is 12.4 Å². The van der Waals surface area contributed by atoms with Crippen LogP contribution in [0.2, 0.25) is 0 Å². The topological polar surface area (TPSA) is 20.2 Å². The van der Waals surface area contributed by atoms with Crippen molar-refractivity contribution in [3.05, 3.63) is 29.8 Å². The van der Waals surface area contributed by atoms with Gasteiger partial charge < -0.3 is 5.11 Å². The molecule has 0 aromatic heterocycles. The molecule has 1 aromatic rings. The second-order valence-corrected chi connectivity index (χ2v) is 2.87. The summed E-state index contributed by atoms with van der Waals surface area (Å²) < 4.78 is 0. The fraction of sp³-hybridized carbons (Fsp3) is 0.400. The molecular formula is C10H15ClOZr. The second-order valence-electron chi connectivity index (χ2n) is 2.87. The number of phenols is 1. The van der Waals surface area contributed by atoms with Gasteiger partial charge >= 0.3 is 0 Å². The Morgan fingerprint density at radius 3 is 2.31 bits per heavy atom. The van der Waals surface area contributed by atoms with Gasteiger partial charge in [-0.15, -0.1) is 12.4 Å². The molecule has 13 heavy (non-hydrogen) atoms. The summed E-state index contributed by atoms with van der Waals surface area (Å²) in [6, 6.07) is 7.52. The molecule has 0 bridgehead atoms. The van der Waals surface area contributed by atoms with Crippen molar-refractivity contribution in [1.82, 2.24) is 0 Å². The van der Waals surface area contributed by atoms with E-state index in [1.807, 2.05) is 18.2 Å². The van der Waals surface area contributed by atoms with Crippen molar-refractivity contribution in [2.75, 3.05) is 0 Å². The maximum Gasteiger partial charge on any atom is 0.119 e. The Labute approximate surface area is 105 Å². The van der Waals surface area contributed by atoms with Crippen LogP contribution in [0.25, 0.3) is 0 Å². The van der Waals surface area contributed by atoms with Crippen molar-refractivity contribution < 1.29 is 31.3 Å². The maximum absolute atomic E-state index is 9.41. The normalized spacial score (nSPS) is 10.9. The molecule has 0 spiro atoms. The summed E-state index contributed by atoms with van der Waals surface area (Å²) in [5.74, 6) is 0.873. The van der Waals surface area contributed by atoms with E-state index in [0.29, 0.717) is 11.7 Å². The molecule has 1 unspecified atom stereocenters. The Balaban J connectivity index is 0. The zero-order chi connectivity index (χ0) is 8.27. The number of benzene rings is 1. The molecule has 1 nitrogen and oxygen atoms in total. The van der Waals surface area contributed by atoms with Crippen molar-refractivity contribution in [2.24, 2.45) is 0 Å². The SMILES string of the molecule is CCC(C)c1ccccc1O.Cl.[Zr]. The van der Waals surface area contributed by atoms with Gasteiger partial charge in [0.2, 0.25) is 0 Å². The number of aromatic hydroxyl groups is 1. The standard InChI is InChI=1S/C10H14O.ClH.Zr/c1-3-8(2)9-6-4-5-7-10(9)11;;/h4-8,11H,3H2,1-2H3;1H;. The van der Waals surface area contributed by atoms with Gasteiger partial charge in [-0.25, -0.2) is 0 Å². The van der Waals surface area contributed by atoms with Crippen LogP contribution in [0.15, 0.2) is 24.3 Å². The van der Waals surface area contributed by atoms with E-state index in [4.69, 9.17) is 0 Å². The molecule has 1 N–H and O–H groups in total. The molecule has 1 atom stereocenters. The average Bonchev–Trinajstić information content (AvgIpc) is 2.04. The molecular weight excluding hydrogens is 263 g/mol. The summed E-state index contributed by atoms with van der Waals surface area (Å²) >= 11 is 0. The second kappa shape index (κ2) is 7.58. The molecule has 0 saturated heterocycles. The Kier molecular flexibility index (Phi) is 9.13. The quantitative estimate of drug-likeness (QED) is 0.879. The molecule has 72 valence electrons. The number of phenolic OH excluding ortho intramolecular Hbond substituents is 1. The third-order valence-corrected chi connectivity index (χ3v) is 2.08. The van der Waals surface area contributed by atoms with Crippen LogP contribution in [0, 0.1) is 0 Å². The van der Waals surface area contributed by atoms with Crippen LogP contribution in [-0.4, -0.2) is 5.11 Å².